The Labute approximate surface area is 113 Å². The Morgan fingerprint density at radius 3 is 3.00 bits per heavy atom. The minimum Gasteiger partial charge on any atom is -0.508 e. The van der Waals surface area contributed by atoms with Gasteiger partial charge in [0, 0.05) is 23.2 Å². The Hall–Kier alpha value is -0.770. The number of aliphatic hydroxyl groups is 1. The van der Waals surface area contributed by atoms with E-state index in [0.717, 1.165) is 31.4 Å². The Morgan fingerprint density at radius 1 is 1.50 bits per heavy atom. The molecule has 1 saturated heterocycles. The van der Waals surface area contributed by atoms with Gasteiger partial charge in [0.1, 0.15) is 5.75 Å². The maximum Gasteiger partial charge on any atom is 0.120 e. The summed E-state index contributed by atoms with van der Waals surface area (Å²) in [5.74, 6) is 0.294. The Bertz CT molecular complexity index is 409. The van der Waals surface area contributed by atoms with Crippen molar-refractivity contribution in [1.29, 1.82) is 0 Å². The average Bonchev–Trinajstić information content (AvgIpc) is 2.70. The Kier molecular flexibility index (Phi) is 4.49. The molecular formula is C14H20ClNO2. The summed E-state index contributed by atoms with van der Waals surface area (Å²) in [4.78, 5) is 2.32. The van der Waals surface area contributed by atoms with Gasteiger partial charge in [0.15, 0.2) is 0 Å². The number of hydrogen-bond acceptors (Lipinski definition) is 3. The lowest BCUT2D eigenvalue weighted by atomic mass is 10.1. The van der Waals surface area contributed by atoms with Crippen molar-refractivity contribution in [2.24, 2.45) is 0 Å². The molecule has 0 aliphatic carbocycles. The van der Waals surface area contributed by atoms with Crippen LogP contribution in [-0.2, 0) is 6.54 Å². The zero-order chi connectivity index (χ0) is 13.1. The van der Waals surface area contributed by atoms with Crippen LogP contribution in [-0.4, -0.2) is 33.8 Å². The molecule has 1 aliphatic heterocycles. The predicted molar refractivity (Wildman–Crippen MR) is 72.8 cm³/mol. The highest BCUT2D eigenvalue weighted by molar-refractivity contribution is 6.30. The predicted octanol–water partition coefficient (Wildman–Crippen LogP) is 2.78. The van der Waals surface area contributed by atoms with Gasteiger partial charge in [0.25, 0.3) is 0 Å². The van der Waals surface area contributed by atoms with Crippen molar-refractivity contribution < 1.29 is 10.2 Å². The summed E-state index contributed by atoms with van der Waals surface area (Å²) in [5, 5.41) is 20.0. The molecule has 1 heterocycles. The first-order valence-corrected chi connectivity index (χ1v) is 6.83. The van der Waals surface area contributed by atoms with E-state index in [1.165, 1.54) is 0 Å². The summed E-state index contributed by atoms with van der Waals surface area (Å²) < 4.78 is 0. The smallest absolute Gasteiger partial charge is 0.120 e. The molecule has 2 atom stereocenters. The fourth-order valence-electron chi connectivity index (χ4n) is 2.66. The van der Waals surface area contributed by atoms with Crippen LogP contribution in [0, 0.1) is 0 Å². The molecule has 2 rings (SSSR count). The highest BCUT2D eigenvalue weighted by atomic mass is 35.5. The molecule has 2 unspecified atom stereocenters. The molecule has 18 heavy (non-hydrogen) atoms. The quantitative estimate of drug-likeness (QED) is 0.883. The lowest BCUT2D eigenvalue weighted by Crippen LogP contribution is -2.31. The van der Waals surface area contributed by atoms with Crippen molar-refractivity contribution in [2.45, 2.75) is 44.9 Å². The lowest BCUT2D eigenvalue weighted by Gasteiger charge is -2.25. The van der Waals surface area contributed by atoms with E-state index in [0.29, 0.717) is 23.4 Å². The summed E-state index contributed by atoms with van der Waals surface area (Å²) in [6.07, 6.45) is 2.79. The van der Waals surface area contributed by atoms with Crippen LogP contribution in [0.15, 0.2) is 18.2 Å². The zero-order valence-electron chi connectivity index (χ0n) is 10.6. The van der Waals surface area contributed by atoms with Crippen LogP contribution in [0.1, 0.15) is 31.7 Å². The minimum atomic E-state index is -0.274. The van der Waals surface area contributed by atoms with Crippen LogP contribution in [0.5, 0.6) is 5.75 Å². The van der Waals surface area contributed by atoms with E-state index in [1.807, 2.05) is 13.0 Å². The number of rotatable bonds is 4. The maximum atomic E-state index is 9.83. The molecule has 100 valence electrons. The number of halogens is 1. The highest BCUT2D eigenvalue weighted by Crippen LogP contribution is 2.28. The molecule has 1 aliphatic rings. The van der Waals surface area contributed by atoms with E-state index in [-0.39, 0.29) is 6.10 Å². The topological polar surface area (TPSA) is 43.7 Å². The number of benzene rings is 1. The van der Waals surface area contributed by atoms with E-state index >= 15 is 0 Å². The van der Waals surface area contributed by atoms with Gasteiger partial charge < -0.3 is 10.2 Å². The van der Waals surface area contributed by atoms with E-state index in [1.54, 1.807) is 12.1 Å². The Balaban J connectivity index is 2.05. The largest absolute Gasteiger partial charge is 0.508 e. The van der Waals surface area contributed by atoms with Gasteiger partial charge in [-0.1, -0.05) is 11.6 Å². The molecule has 1 fully saturated rings. The van der Waals surface area contributed by atoms with Gasteiger partial charge in [-0.2, -0.15) is 0 Å². The number of likely N-dealkylation sites (tertiary alicyclic amines) is 1. The number of aliphatic hydroxyl groups excluding tert-OH is 1. The second-order valence-corrected chi connectivity index (χ2v) is 5.56. The fraction of sp³-hybridized carbons (Fsp3) is 0.571. The van der Waals surface area contributed by atoms with Gasteiger partial charge in [-0.15, -0.1) is 0 Å². The van der Waals surface area contributed by atoms with Gasteiger partial charge in [0.05, 0.1) is 6.10 Å². The van der Waals surface area contributed by atoms with Crippen molar-refractivity contribution in [3.8, 4) is 5.75 Å². The first-order valence-electron chi connectivity index (χ1n) is 6.46. The lowest BCUT2D eigenvalue weighted by molar-refractivity contribution is 0.130. The van der Waals surface area contributed by atoms with E-state index in [2.05, 4.69) is 4.90 Å². The average molecular weight is 270 g/mol. The number of phenols is 1. The normalized spacial score (nSPS) is 22.3. The summed E-state index contributed by atoms with van der Waals surface area (Å²) in [6, 6.07) is 5.55. The molecule has 0 aromatic heterocycles. The second kappa shape index (κ2) is 5.91. The summed E-state index contributed by atoms with van der Waals surface area (Å²) in [7, 11) is 0. The standard InChI is InChI=1S/C14H20ClNO2/c1-10(17)7-13-3-2-6-16(13)9-11-8-12(15)4-5-14(11)18/h4-5,8,10,13,17-18H,2-3,6-7,9H2,1H3. The molecule has 0 bridgehead atoms. The summed E-state index contributed by atoms with van der Waals surface area (Å²) >= 11 is 5.95. The molecule has 0 radical (unpaired) electrons. The molecule has 1 aromatic carbocycles. The van der Waals surface area contributed by atoms with Gasteiger partial charge in [-0.3, -0.25) is 4.90 Å². The van der Waals surface area contributed by atoms with E-state index in [9.17, 15) is 10.2 Å². The molecule has 0 amide bonds. The highest BCUT2D eigenvalue weighted by Gasteiger charge is 2.26. The molecule has 2 N–H and O–H groups in total. The number of aromatic hydroxyl groups is 1. The van der Waals surface area contributed by atoms with Crippen molar-refractivity contribution >= 4 is 11.6 Å². The van der Waals surface area contributed by atoms with Gasteiger partial charge >= 0.3 is 0 Å². The summed E-state index contributed by atoms with van der Waals surface area (Å²) in [6.45, 7) is 3.54. The monoisotopic (exact) mass is 269 g/mol. The van der Waals surface area contributed by atoms with Gasteiger partial charge in [-0.25, -0.2) is 0 Å². The van der Waals surface area contributed by atoms with Crippen LogP contribution in [0.4, 0.5) is 0 Å². The van der Waals surface area contributed by atoms with Crippen LogP contribution >= 0.6 is 11.6 Å². The number of hydrogen-bond donors (Lipinski definition) is 2. The van der Waals surface area contributed by atoms with Crippen LogP contribution in [0.2, 0.25) is 5.02 Å². The third-order valence-electron chi connectivity index (χ3n) is 3.53. The minimum absolute atomic E-state index is 0.274. The molecule has 4 heteroatoms. The molecule has 3 nitrogen and oxygen atoms in total. The SMILES string of the molecule is CC(O)CC1CCCN1Cc1cc(Cl)ccc1O. The molecular weight excluding hydrogens is 250 g/mol. The molecule has 0 spiro atoms. The first kappa shape index (κ1) is 13.7. The third-order valence-corrected chi connectivity index (χ3v) is 3.76. The molecule has 0 saturated carbocycles. The fourth-order valence-corrected chi connectivity index (χ4v) is 2.86. The zero-order valence-corrected chi connectivity index (χ0v) is 11.4. The number of nitrogens with zero attached hydrogens (tertiary/aromatic N) is 1. The summed E-state index contributed by atoms with van der Waals surface area (Å²) in [5.41, 5.74) is 0.861. The van der Waals surface area contributed by atoms with E-state index in [4.69, 9.17) is 11.6 Å². The van der Waals surface area contributed by atoms with Crippen LogP contribution in [0.3, 0.4) is 0 Å². The third kappa shape index (κ3) is 3.37. The number of phenolic OH excluding ortho intramolecular Hbond substituents is 1. The van der Waals surface area contributed by atoms with Gasteiger partial charge in [0.2, 0.25) is 0 Å². The van der Waals surface area contributed by atoms with Crippen molar-refractivity contribution in [2.75, 3.05) is 6.54 Å². The van der Waals surface area contributed by atoms with Gasteiger partial charge in [-0.05, 0) is 50.9 Å². The van der Waals surface area contributed by atoms with E-state index < -0.39 is 0 Å². The maximum absolute atomic E-state index is 9.83. The van der Waals surface area contributed by atoms with Crippen LogP contribution < -0.4 is 0 Å². The Morgan fingerprint density at radius 2 is 2.28 bits per heavy atom. The van der Waals surface area contributed by atoms with Crippen molar-refractivity contribution in [1.82, 2.24) is 4.90 Å². The second-order valence-electron chi connectivity index (χ2n) is 5.12. The first-order chi connectivity index (χ1) is 8.56. The van der Waals surface area contributed by atoms with Crippen molar-refractivity contribution in [3.05, 3.63) is 28.8 Å². The van der Waals surface area contributed by atoms with Crippen molar-refractivity contribution in [3.63, 3.8) is 0 Å². The molecule has 1 aromatic rings. The van der Waals surface area contributed by atoms with Crippen LogP contribution in [0.25, 0.3) is 0 Å².